The Balaban J connectivity index is 1.90. The number of nitrogens with one attached hydrogen (secondary N) is 1. The lowest BCUT2D eigenvalue weighted by Gasteiger charge is -2.34. The van der Waals surface area contributed by atoms with Crippen molar-refractivity contribution in [2.45, 2.75) is 43.7 Å². The first-order valence-electron chi connectivity index (χ1n) is 10.1. The minimum absolute atomic E-state index is 0.257. The number of sulfonamides is 1. The largest absolute Gasteiger partial charge is 0.370 e. The van der Waals surface area contributed by atoms with Gasteiger partial charge in [0.25, 0.3) is 10.0 Å². The average Bonchev–Trinajstić information content (AvgIpc) is 3.15. The van der Waals surface area contributed by atoms with Crippen molar-refractivity contribution in [1.82, 2.24) is 14.5 Å². The number of likely N-dealkylation sites (tertiary alicyclic amines) is 1. The number of primary amides is 1. The predicted octanol–water partition coefficient (Wildman–Crippen LogP) is 1.48. The maximum absolute atomic E-state index is 12.6. The number of guanidine groups is 1. The van der Waals surface area contributed by atoms with Crippen LogP contribution in [0, 0.1) is 5.92 Å². The molecule has 1 fully saturated rings. The van der Waals surface area contributed by atoms with Crippen LogP contribution in [0.5, 0.6) is 0 Å². The van der Waals surface area contributed by atoms with E-state index in [2.05, 4.69) is 15.2 Å². The number of thiophene rings is 1. The van der Waals surface area contributed by atoms with Crippen LogP contribution < -0.4 is 11.1 Å². The van der Waals surface area contributed by atoms with Crippen LogP contribution in [0.2, 0.25) is 0 Å². The molecule has 3 N–H and O–H groups in total. The Morgan fingerprint density at radius 2 is 2.10 bits per heavy atom. The summed E-state index contributed by atoms with van der Waals surface area (Å²) < 4.78 is 27.1. The van der Waals surface area contributed by atoms with E-state index < -0.39 is 10.0 Å². The molecule has 0 aromatic carbocycles. The normalized spacial score (nSPS) is 18.3. The van der Waals surface area contributed by atoms with Gasteiger partial charge in [-0.1, -0.05) is 13.8 Å². The Morgan fingerprint density at radius 3 is 2.72 bits per heavy atom. The minimum Gasteiger partial charge on any atom is -0.370 e. The van der Waals surface area contributed by atoms with Gasteiger partial charge >= 0.3 is 0 Å². The Labute approximate surface area is 178 Å². The molecule has 2 rings (SSSR count). The van der Waals surface area contributed by atoms with Gasteiger partial charge in [-0.25, -0.2) is 8.42 Å². The molecule has 1 aliphatic rings. The average molecular weight is 444 g/mol. The van der Waals surface area contributed by atoms with Gasteiger partial charge in [0.05, 0.1) is 0 Å². The van der Waals surface area contributed by atoms with Gasteiger partial charge in [0.2, 0.25) is 5.91 Å². The highest BCUT2D eigenvalue weighted by atomic mass is 32.2. The summed E-state index contributed by atoms with van der Waals surface area (Å²) in [4.78, 5) is 18.8. The van der Waals surface area contributed by atoms with Gasteiger partial charge in [-0.15, -0.1) is 11.3 Å². The van der Waals surface area contributed by atoms with Gasteiger partial charge in [0.15, 0.2) is 5.96 Å². The summed E-state index contributed by atoms with van der Waals surface area (Å²) in [6, 6.07) is 3.58. The standard InChI is InChI=1S/C19H33N5O3S2/c1-4-24(5-2)29(26,27)18-9-8-16(28-18)10-11-22-19(21-3)23-12-6-7-15(14-23)13-17(20)25/h8-9,15H,4-7,10-14H2,1-3H3,(H2,20,25)(H,21,22). The topological polar surface area (TPSA) is 108 Å². The first-order chi connectivity index (χ1) is 13.8. The second-order valence-electron chi connectivity index (χ2n) is 7.16. The monoisotopic (exact) mass is 443 g/mol. The number of nitrogens with two attached hydrogens (primary N) is 1. The van der Waals surface area contributed by atoms with E-state index in [0.717, 1.165) is 43.2 Å². The number of piperidine rings is 1. The van der Waals surface area contributed by atoms with Crippen molar-refractivity contribution in [1.29, 1.82) is 0 Å². The van der Waals surface area contributed by atoms with E-state index in [1.165, 1.54) is 15.6 Å². The lowest BCUT2D eigenvalue weighted by molar-refractivity contribution is -0.119. The fourth-order valence-electron chi connectivity index (χ4n) is 3.66. The lowest BCUT2D eigenvalue weighted by atomic mass is 9.95. The molecule has 8 nitrogen and oxygen atoms in total. The molecule has 1 unspecified atom stereocenters. The fourth-order valence-corrected chi connectivity index (χ4v) is 6.63. The van der Waals surface area contributed by atoms with E-state index in [4.69, 9.17) is 5.73 Å². The molecule has 10 heteroatoms. The molecule has 2 heterocycles. The number of carbonyl (C=O) groups is 1. The molecule has 1 aliphatic heterocycles. The van der Waals surface area contributed by atoms with E-state index in [-0.39, 0.29) is 11.8 Å². The molecule has 1 aromatic heterocycles. The van der Waals surface area contributed by atoms with Crippen molar-refractivity contribution in [3.8, 4) is 0 Å². The van der Waals surface area contributed by atoms with Crippen LogP contribution in [0.4, 0.5) is 0 Å². The van der Waals surface area contributed by atoms with Crippen LogP contribution in [0.3, 0.4) is 0 Å². The van der Waals surface area contributed by atoms with Crippen molar-refractivity contribution >= 4 is 33.2 Å². The second kappa shape index (κ2) is 10.9. The Kier molecular flexibility index (Phi) is 8.91. The van der Waals surface area contributed by atoms with Gasteiger partial charge in [-0.05, 0) is 37.3 Å². The first-order valence-corrected chi connectivity index (χ1v) is 12.4. The highest BCUT2D eigenvalue weighted by molar-refractivity contribution is 7.91. The summed E-state index contributed by atoms with van der Waals surface area (Å²) >= 11 is 1.33. The van der Waals surface area contributed by atoms with Crippen LogP contribution in [0.25, 0.3) is 0 Å². The zero-order chi connectivity index (χ0) is 21.4. The molecule has 164 valence electrons. The minimum atomic E-state index is -3.40. The zero-order valence-electron chi connectivity index (χ0n) is 17.6. The molecule has 29 heavy (non-hydrogen) atoms. The van der Waals surface area contributed by atoms with Crippen molar-refractivity contribution in [2.75, 3.05) is 39.8 Å². The molecule has 1 atom stereocenters. The maximum Gasteiger partial charge on any atom is 0.252 e. The summed E-state index contributed by atoms with van der Waals surface area (Å²) in [6.45, 7) is 6.97. The summed E-state index contributed by atoms with van der Waals surface area (Å²) in [5.41, 5.74) is 5.34. The fraction of sp³-hybridized carbons (Fsp3) is 0.684. The number of hydrogen-bond donors (Lipinski definition) is 2. The lowest BCUT2D eigenvalue weighted by Crippen LogP contribution is -2.47. The highest BCUT2D eigenvalue weighted by Crippen LogP contribution is 2.25. The predicted molar refractivity (Wildman–Crippen MR) is 118 cm³/mol. The van der Waals surface area contributed by atoms with Gasteiger partial charge in [-0.3, -0.25) is 9.79 Å². The van der Waals surface area contributed by atoms with Crippen molar-refractivity contribution in [2.24, 2.45) is 16.6 Å². The molecule has 0 radical (unpaired) electrons. The van der Waals surface area contributed by atoms with Crippen LogP contribution in [-0.2, 0) is 21.2 Å². The van der Waals surface area contributed by atoms with Crippen LogP contribution in [0.15, 0.2) is 21.3 Å². The molecule has 0 spiro atoms. The number of rotatable bonds is 9. The molecule has 0 bridgehead atoms. The van der Waals surface area contributed by atoms with Crippen molar-refractivity contribution in [3.63, 3.8) is 0 Å². The zero-order valence-corrected chi connectivity index (χ0v) is 19.2. The Morgan fingerprint density at radius 1 is 1.38 bits per heavy atom. The summed E-state index contributed by atoms with van der Waals surface area (Å²) in [7, 11) is -1.65. The molecular formula is C19H33N5O3S2. The second-order valence-corrected chi connectivity index (χ2v) is 10.5. The first kappa shape index (κ1) is 23.6. The number of hydrogen-bond acceptors (Lipinski definition) is 5. The van der Waals surface area contributed by atoms with Gasteiger partial charge in [0, 0.05) is 51.1 Å². The number of amides is 1. The van der Waals surface area contributed by atoms with Crippen molar-refractivity contribution < 1.29 is 13.2 Å². The summed E-state index contributed by atoms with van der Waals surface area (Å²) in [5, 5.41) is 3.36. The summed E-state index contributed by atoms with van der Waals surface area (Å²) in [5.74, 6) is 0.824. The van der Waals surface area contributed by atoms with Crippen LogP contribution in [0.1, 0.15) is 38.0 Å². The maximum atomic E-state index is 12.6. The van der Waals surface area contributed by atoms with E-state index in [9.17, 15) is 13.2 Å². The molecule has 0 aliphatic carbocycles. The Bertz CT molecular complexity index is 803. The van der Waals surface area contributed by atoms with Crippen molar-refractivity contribution in [3.05, 3.63) is 17.0 Å². The number of nitrogens with zero attached hydrogens (tertiary/aromatic N) is 3. The molecule has 1 saturated heterocycles. The van der Waals surface area contributed by atoms with E-state index >= 15 is 0 Å². The smallest absolute Gasteiger partial charge is 0.252 e. The molecule has 1 aromatic rings. The quantitative estimate of drug-likeness (QED) is 0.444. The SMILES string of the molecule is CCN(CC)S(=O)(=O)c1ccc(CCNC(=NC)N2CCCC(CC(N)=O)C2)s1. The molecule has 1 amide bonds. The van der Waals surface area contributed by atoms with E-state index in [0.29, 0.717) is 30.3 Å². The van der Waals surface area contributed by atoms with E-state index in [1.807, 2.05) is 19.9 Å². The van der Waals surface area contributed by atoms with Crippen LogP contribution in [-0.4, -0.2) is 69.3 Å². The van der Waals surface area contributed by atoms with Crippen LogP contribution >= 0.6 is 11.3 Å². The van der Waals surface area contributed by atoms with Gasteiger partial charge in [-0.2, -0.15) is 4.31 Å². The summed E-state index contributed by atoms with van der Waals surface area (Å²) in [6.07, 6.45) is 3.15. The Hall–Kier alpha value is -1.65. The third kappa shape index (κ3) is 6.42. The van der Waals surface area contributed by atoms with Gasteiger partial charge < -0.3 is 16.0 Å². The molecule has 0 saturated carbocycles. The van der Waals surface area contributed by atoms with E-state index in [1.54, 1.807) is 13.1 Å². The molecular weight excluding hydrogens is 410 g/mol. The third-order valence-corrected chi connectivity index (χ3v) is 8.77. The number of aliphatic imine (C=N–C) groups is 1. The third-order valence-electron chi connectivity index (χ3n) is 5.11. The van der Waals surface area contributed by atoms with Gasteiger partial charge in [0.1, 0.15) is 4.21 Å². The number of carbonyl (C=O) groups excluding carboxylic acids is 1. The highest BCUT2D eigenvalue weighted by Gasteiger charge is 2.24.